The number of carbonyl (C=O) groups is 1. The Morgan fingerprint density at radius 1 is 1.33 bits per heavy atom. The van der Waals surface area contributed by atoms with E-state index in [9.17, 15) is 9.59 Å². The highest BCUT2D eigenvalue weighted by Crippen LogP contribution is 2.53. The van der Waals surface area contributed by atoms with Crippen molar-refractivity contribution < 1.29 is 15.7 Å². The van der Waals surface area contributed by atoms with Gasteiger partial charge in [-0.1, -0.05) is 0 Å². The standard InChI is InChI=1S/C25H28N4O4.H2/c1-24-8-9-25(14-24,15-32-24)20-13-29-12-17(19(11-21(29)27-20)33-16-5-3-6-16)22(30)26-18-7-4-10-28(2)23(18)31;/h4,7,10-13,16H,3,5-6,8-9,14-15H2,1-2H3,(H,26,30);1H/t24-,25?;/m0./s1. The van der Waals surface area contributed by atoms with Gasteiger partial charge in [0.1, 0.15) is 17.1 Å². The Kier molecular flexibility index (Phi) is 4.46. The molecule has 2 bridgehead atoms. The van der Waals surface area contributed by atoms with Gasteiger partial charge < -0.3 is 23.8 Å². The average Bonchev–Trinajstić information content (AvgIpc) is 3.44. The highest BCUT2D eigenvalue weighted by atomic mass is 16.5. The van der Waals surface area contributed by atoms with Gasteiger partial charge in [-0.05, 0) is 57.6 Å². The monoisotopic (exact) mass is 450 g/mol. The van der Waals surface area contributed by atoms with E-state index in [1.165, 1.54) is 4.57 Å². The summed E-state index contributed by atoms with van der Waals surface area (Å²) in [4.78, 5) is 30.6. The minimum absolute atomic E-state index is 0. The summed E-state index contributed by atoms with van der Waals surface area (Å²) in [7, 11) is 1.66. The SMILES string of the molecule is Cn1cccc(NC(=O)c2cn3cc(C45CC[C@@](C)(C4)OC5)nc3cc2OC2CCC2)c1=O.[HH]. The largest absolute Gasteiger partial charge is 0.489 e. The molecule has 3 aliphatic rings. The minimum atomic E-state index is -0.374. The van der Waals surface area contributed by atoms with E-state index < -0.39 is 0 Å². The Morgan fingerprint density at radius 3 is 2.85 bits per heavy atom. The van der Waals surface area contributed by atoms with E-state index >= 15 is 0 Å². The molecule has 4 heterocycles. The number of ether oxygens (including phenoxy) is 2. The van der Waals surface area contributed by atoms with E-state index in [0.29, 0.717) is 17.9 Å². The van der Waals surface area contributed by atoms with E-state index in [1.54, 1.807) is 31.6 Å². The highest BCUT2D eigenvalue weighted by molar-refractivity contribution is 6.06. The second-order valence-electron chi connectivity index (χ2n) is 10.1. The molecular weight excluding hydrogens is 420 g/mol. The van der Waals surface area contributed by atoms with Crippen LogP contribution in [-0.4, -0.2) is 38.2 Å². The summed E-state index contributed by atoms with van der Waals surface area (Å²) in [5.41, 5.74) is 2.01. The molecule has 174 valence electrons. The average molecular weight is 451 g/mol. The highest BCUT2D eigenvalue weighted by Gasteiger charge is 2.55. The third-order valence-electron chi connectivity index (χ3n) is 7.60. The van der Waals surface area contributed by atoms with Gasteiger partial charge in [0.2, 0.25) is 0 Å². The Morgan fingerprint density at radius 2 is 2.18 bits per heavy atom. The normalized spacial score (nSPS) is 26.5. The lowest BCUT2D eigenvalue weighted by atomic mass is 9.84. The van der Waals surface area contributed by atoms with Crippen LogP contribution in [0.4, 0.5) is 5.69 Å². The van der Waals surface area contributed by atoms with Crippen LogP contribution in [0.15, 0.2) is 41.6 Å². The fourth-order valence-corrected chi connectivity index (χ4v) is 5.34. The number of aryl methyl sites for hydroxylation is 1. The number of anilines is 1. The van der Waals surface area contributed by atoms with Crippen molar-refractivity contribution in [3.63, 3.8) is 0 Å². The van der Waals surface area contributed by atoms with E-state index in [-0.39, 0.29) is 35.7 Å². The molecule has 1 N–H and O–H groups in total. The van der Waals surface area contributed by atoms with Crippen molar-refractivity contribution in [2.45, 2.75) is 62.6 Å². The number of hydrogen-bond acceptors (Lipinski definition) is 5. The molecule has 3 aromatic heterocycles. The summed E-state index contributed by atoms with van der Waals surface area (Å²) >= 11 is 0. The van der Waals surface area contributed by atoms with Crippen LogP contribution in [0.1, 0.15) is 62.9 Å². The number of amides is 1. The molecule has 1 saturated heterocycles. The molecule has 1 unspecified atom stereocenters. The lowest BCUT2D eigenvalue weighted by Crippen LogP contribution is -2.27. The molecule has 2 aliphatic carbocycles. The number of pyridine rings is 2. The smallest absolute Gasteiger partial charge is 0.274 e. The van der Waals surface area contributed by atoms with Gasteiger partial charge in [-0.3, -0.25) is 9.59 Å². The van der Waals surface area contributed by atoms with Gasteiger partial charge in [-0.2, -0.15) is 0 Å². The maximum atomic E-state index is 13.3. The van der Waals surface area contributed by atoms with E-state index in [4.69, 9.17) is 14.5 Å². The zero-order valence-electron chi connectivity index (χ0n) is 19.0. The Bertz CT molecular complexity index is 1320. The van der Waals surface area contributed by atoms with Crippen LogP contribution in [0.3, 0.4) is 0 Å². The van der Waals surface area contributed by atoms with Crippen molar-refractivity contribution in [2.24, 2.45) is 7.05 Å². The molecule has 3 fully saturated rings. The van der Waals surface area contributed by atoms with Crippen LogP contribution < -0.4 is 15.6 Å². The first kappa shape index (κ1) is 20.5. The van der Waals surface area contributed by atoms with Gasteiger partial charge in [0.05, 0.1) is 29.6 Å². The summed E-state index contributed by atoms with van der Waals surface area (Å²) in [5, 5.41) is 2.77. The molecule has 8 nitrogen and oxygen atoms in total. The zero-order valence-corrected chi connectivity index (χ0v) is 19.0. The summed E-state index contributed by atoms with van der Waals surface area (Å²) in [6.07, 6.45) is 11.7. The van der Waals surface area contributed by atoms with Gasteiger partial charge in [0.15, 0.2) is 0 Å². The molecule has 2 saturated carbocycles. The van der Waals surface area contributed by atoms with E-state index in [0.717, 1.165) is 49.9 Å². The summed E-state index contributed by atoms with van der Waals surface area (Å²) in [5.74, 6) is 0.131. The van der Waals surface area contributed by atoms with Crippen molar-refractivity contribution in [2.75, 3.05) is 11.9 Å². The number of nitrogens with zero attached hydrogens (tertiary/aromatic N) is 3. The second kappa shape index (κ2) is 7.18. The van der Waals surface area contributed by atoms with Crippen molar-refractivity contribution >= 4 is 17.2 Å². The van der Waals surface area contributed by atoms with Crippen molar-refractivity contribution in [1.82, 2.24) is 14.0 Å². The lowest BCUT2D eigenvalue weighted by molar-refractivity contribution is -0.00627. The van der Waals surface area contributed by atoms with Crippen LogP contribution in [-0.2, 0) is 17.2 Å². The third kappa shape index (κ3) is 3.35. The fourth-order valence-electron chi connectivity index (χ4n) is 5.34. The molecule has 6 rings (SSSR count). The molecule has 1 aliphatic heterocycles. The predicted octanol–water partition coefficient (Wildman–Crippen LogP) is 3.67. The molecule has 0 spiro atoms. The number of carbonyl (C=O) groups excluding carboxylic acids is 1. The van der Waals surface area contributed by atoms with Crippen LogP contribution >= 0.6 is 0 Å². The first-order valence-electron chi connectivity index (χ1n) is 11.7. The number of nitrogens with one attached hydrogen (secondary N) is 1. The Labute approximate surface area is 193 Å². The molecule has 33 heavy (non-hydrogen) atoms. The predicted molar refractivity (Wildman–Crippen MR) is 125 cm³/mol. The number of hydrogen-bond donors (Lipinski definition) is 1. The minimum Gasteiger partial charge on any atom is -0.489 e. The lowest BCUT2D eigenvalue weighted by Gasteiger charge is -2.27. The second-order valence-corrected chi connectivity index (χ2v) is 10.1. The van der Waals surface area contributed by atoms with Crippen LogP contribution in [0.2, 0.25) is 0 Å². The van der Waals surface area contributed by atoms with Gasteiger partial charge in [-0.25, -0.2) is 4.98 Å². The summed E-state index contributed by atoms with van der Waals surface area (Å²) in [6, 6.07) is 5.18. The molecule has 0 radical (unpaired) electrons. The number of rotatable bonds is 5. The Balaban J connectivity index is 0.00000241. The molecular formula is C25H30N4O4. The van der Waals surface area contributed by atoms with Gasteiger partial charge in [-0.15, -0.1) is 0 Å². The molecule has 8 heteroatoms. The zero-order chi connectivity index (χ0) is 22.8. The van der Waals surface area contributed by atoms with Crippen molar-refractivity contribution in [1.29, 1.82) is 0 Å². The third-order valence-corrected chi connectivity index (χ3v) is 7.60. The maximum Gasteiger partial charge on any atom is 0.274 e. The number of imidazole rings is 1. The van der Waals surface area contributed by atoms with E-state index in [2.05, 4.69) is 12.2 Å². The van der Waals surface area contributed by atoms with Crippen LogP contribution in [0, 0.1) is 0 Å². The topological polar surface area (TPSA) is 86.9 Å². The first-order chi connectivity index (χ1) is 15.8. The van der Waals surface area contributed by atoms with Crippen molar-refractivity contribution in [3.8, 4) is 5.75 Å². The van der Waals surface area contributed by atoms with E-state index in [1.807, 2.05) is 16.7 Å². The first-order valence-corrected chi connectivity index (χ1v) is 11.7. The van der Waals surface area contributed by atoms with Gasteiger partial charge in [0.25, 0.3) is 11.5 Å². The number of aromatic nitrogens is 3. The number of fused-ring (bicyclic) bond motifs is 3. The fraction of sp³-hybridized carbons (Fsp3) is 0.480. The molecule has 3 aromatic rings. The van der Waals surface area contributed by atoms with Crippen LogP contribution in [0.5, 0.6) is 5.75 Å². The summed E-state index contributed by atoms with van der Waals surface area (Å²) < 4.78 is 15.6. The van der Waals surface area contributed by atoms with Gasteiger partial charge in [0, 0.05) is 38.5 Å². The quantitative estimate of drug-likeness (QED) is 0.641. The molecule has 1 amide bonds. The van der Waals surface area contributed by atoms with Crippen molar-refractivity contribution in [3.05, 3.63) is 58.4 Å². The van der Waals surface area contributed by atoms with Gasteiger partial charge >= 0.3 is 0 Å². The van der Waals surface area contributed by atoms with Crippen LogP contribution in [0.25, 0.3) is 5.65 Å². The summed E-state index contributed by atoms with van der Waals surface area (Å²) in [6.45, 7) is 2.86. The molecule has 0 aromatic carbocycles. The maximum absolute atomic E-state index is 13.3. The molecule has 2 atom stereocenters. The Hall–Kier alpha value is -3.13.